The highest BCUT2D eigenvalue weighted by molar-refractivity contribution is 7.12. The summed E-state index contributed by atoms with van der Waals surface area (Å²) in [5.41, 5.74) is 8.07. The summed E-state index contributed by atoms with van der Waals surface area (Å²) in [6.45, 7) is 20.2. The molecule has 8 aromatic rings. The van der Waals surface area contributed by atoms with Crippen LogP contribution < -0.4 is 0 Å². The molecule has 0 amide bonds. The number of hydrogen-bond acceptors (Lipinski definition) is 27. The summed E-state index contributed by atoms with van der Waals surface area (Å²) in [6, 6.07) is 23.4. The van der Waals surface area contributed by atoms with Crippen molar-refractivity contribution in [1.82, 2.24) is 59.3 Å². The highest BCUT2D eigenvalue weighted by atomic mass is 32.1. The first-order valence-corrected chi connectivity index (χ1v) is 43.1. The van der Waals surface area contributed by atoms with E-state index >= 15 is 0 Å². The molecule has 2 aromatic carbocycles. The van der Waals surface area contributed by atoms with E-state index in [1.807, 2.05) is 78.1 Å². The minimum Gasteiger partial charge on any atom is -0.380 e. The van der Waals surface area contributed by atoms with E-state index in [9.17, 15) is 66.7 Å². The monoisotopic (exact) mass is 1700 g/mol. The van der Waals surface area contributed by atoms with Crippen molar-refractivity contribution in [3.8, 4) is 36.4 Å². The Morgan fingerprint density at radius 2 is 0.878 bits per heavy atom. The Hall–Kier alpha value is -7.76. The van der Waals surface area contributed by atoms with Crippen LogP contribution in [0.2, 0.25) is 0 Å². The van der Waals surface area contributed by atoms with E-state index in [4.69, 9.17) is 14.2 Å². The first-order chi connectivity index (χ1) is 55.3. The third kappa shape index (κ3) is 25.2. The maximum absolute atomic E-state index is 14.0. The quantitative estimate of drug-likeness (QED) is 0.0813. The Bertz CT molecular complexity index is 4660. The lowest BCUT2D eigenvalue weighted by atomic mass is 10.0. The average Bonchev–Trinajstić information content (AvgIpc) is 1.81. The molecule has 35 heteroatoms. The van der Waals surface area contributed by atoms with Gasteiger partial charge in [-0.25, -0.2) is 65.0 Å². The Labute approximate surface area is 690 Å². The van der Waals surface area contributed by atoms with E-state index < -0.39 is 59.7 Å². The number of halogens is 8. The summed E-state index contributed by atoms with van der Waals surface area (Å²) in [4.78, 5) is 42.8. The Morgan fingerprint density at radius 1 is 0.461 bits per heavy atom. The van der Waals surface area contributed by atoms with Gasteiger partial charge in [-0.2, -0.15) is 31.6 Å². The lowest BCUT2D eigenvalue weighted by molar-refractivity contribution is -0.0598. The molecular weight excluding hydrogens is 1610 g/mol. The first-order valence-electron chi connectivity index (χ1n) is 38.1. The molecule has 8 atom stereocenters. The molecule has 0 spiro atoms. The molecular formula is C80H92F8N18O3S6. The summed E-state index contributed by atoms with van der Waals surface area (Å²) in [5, 5.41) is 60.2. The standard InChI is InChI=1S/C17H19N3OS.C16H15F2N3OS.C13H15F2N3S.C12H15F2N3S.C11H13F2N3S.C11H15N3OS/c1-12-5-3-4-6-14(12)16-10-20(7-8-21-16)15(9-18)17-13(2)19-11-22-17;1-10-16(23-9-20-10)14(7-19)21-4-5-22-15(8-21)12-3-2-11(17)6-13(12)18;14-13(15)3-5-18(6-4-13)10(7-16)11-8-17-12(19-11)9-1-2-9;1-2-11-16-8-10(18-11)9(7-15)17-5-3-12(13,14)4-6-17;1-8-15-7-10(17-8)9(6-14)16-4-2-11(12,13)3-5-16;1-9-13-8-11(16-9)10(7-12)14-3-2-5-15-6-4-14/h3-6,11,15-16H,7-8,10H2,1-2H3;2-3,6,9,14-15H,4-5,8H2,1H3;8-10H,1-6H2;8-9H,2-6H2,1H3;7,9H,2-5H2,1H3;8,10H,2-6H2,1H3. The molecule has 612 valence electrons. The van der Waals surface area contributed by atoms with Gasteiger partial charge in [0.1, 0.15) is 47.9 Å². The van der Waals surface area contributed by atoms with Crippen LogP contribution in [0.1, 0.15) is 196 Å². The van der Waals surface area contributed by atoms with Gasteiger partial charge in [-0.1, -0.05) is 37.3 Å². The van der Waals surface area contributed by atoms with Crippen molar-refractivity contribution >= 4 is 68.0 Å². The number of rotatable bonds is 16. The van der Waals surface area contributed by atoms with Crippen LogP contribution in [0.25, 0.3) is 0 Å². The third-order valence-electron chi connectivity index (χ3n) is 20.6. The zero-order chi connectivity index (χ0) is 82.4. The van der Waals surface area contributed by atoms with Crippen LogP contribution in [-0.2, 0) is 20.6 Å². The van der Waals surface area contributed by atoms with Gasteiger partial charge in [0.2, 0.25) is 0 Å². The second-order valence-corrected chi connectivity index (χ2v) is 35.2. The number of aryl methyl sites for hydroxylation is 6. The minimum absolute atomic E-state index is 0.0269. The predicted octanol–water partition coefficient (Wildman–Crippen LogP) is 17.6. The molecule has 6 saturated heterocycles. The van der Waals surface area contributed by atoms with Gasteiger partial charge in [-0.3, -0.25) is 29.4 Å². The molecule has 1 saturated carbocycles. The van der Waals surface area contributed by atoms with E-state index in [2.05, 4.69) is 95.2 Å². The first kappa shape index (κ1) is 89.6. The lowest BCUT2D eigenvalue weighted by Crippen LogP contribution is -2.40. The van der Waals surface area contributed by atoms with E-state index in [-0.39, 0.29) is 96.0 Å². The summed E-state index contributed by atoms with van der Waals surface area (Å²) in [6.07, 6.45) is 9.67. The van der Waals surface area contributed by atoms with Gasteiger partial charge in [0.15, 0.2) is 0 Å². The van der Waals surface area contributed by atoms with Gasteiger partial charge in [0, 0.05) is 166 Å². The summed E-state index contributed by atoms with van der Waals surface area (Å²) in [5.74, 6) is -8.38. The van der Waals surface area contributed by atoms with Crippen molar-refractivity contribution in [3.05, 3.63) is 167 Å². The van der Waals surface area contributed by atoms with Crippen LogP contribution in [0.5, 0.6) is 0 Å². The Morgan fingerprint density at radius 3 is 1.28 bits per heavy atom. The number of nitriles is 6. The summed E-state index contributed by atoms with van der Waals surface area (Å²) in [7, 11) is 0. The number of hydrogen-bond donors (Lipinski definition) is 0. The van der Waals surface area contributed by atoms with Crippen molar-refractivity contribution < 1.29 is 49.3 Å². The number of likely N-dealkylation sites (tertiary alicyclic amines) is 3. The van der Waals surface area contributed by atoms with Gasteiger partial charge < -0.3 is 14.2 Å². The lowest BCUT2D eigenvalue weighted by Gasteiger charge is -2.36. The molecule has 6 aromatic heterocycles. The number of benzene rings is 2. The van der Waals surface area contributed by atoms with Gasteiger partial charge in [0.05, 0.1) is 140 Å². The summed E-state index contributed by atoms with van der Waals surface area (Å²) >= 11 is 9.12. The van der Waals surface area contributed by atoms with Gasteiger partial charge in [-0.05, 0) is 77.5 Å². The number of ether oxygens (including phenoxy) is 3. The maximum atomic E-state index is 14.0. The van der Waals surface area contributed by atoms with Crippen molar-refractivity contribution in [1.29, 1.82) is 31.6 Å². The van der Waals surface area contributed by atoms with E-state index in [0.717, 1.165) is 119 Å². The van der Waals surface area contributed by atoms with Crippen LogP contribution in [0, 0.1) is 114 Å². The SMILES string of the molecule is CCc1ncc(C(C#N)N2CCC(F)(F)CC2)s1.Cc1ccccc1C1CN(C(C#N)c2scnc2C)CCO1.Cc1ncc(C(C#N)N2CCC(F)(F)CC2)s1.Cc1ncc(C(C#N)N2CCCOCC2)s1.Cc1ncsc1C(C#N)N1CCOC(c2ccc(F)cc2F)C1.N#CC(c1cnc(C2CC2)s1)N1CCC(F)(F)CC1. The molecule has 15 rings (SSSR count). The molecule has 7 fully saturated rings. The highest BCUT2D eigenvalue weighted by Gasteiger charge is 2.41. The molecule has 21 nitrogen and oxygen atoms in total. The van der Waals surface area contributed by atoms with Crippen molar-refractivity contribution in [3.63, 3.8) is 0 Å². The minimum atomic E-state index is -2.57. The normalized spacial score (nSPS) is 21.5. The number of nitrogens with zero attached hydrogens (tertiary/aromatic N) is 18. The molecule has 6 aliphatic heterocycles. The number of alkyl halides is 6. The third-order valence-corrected chi connectivity index (χ3v) is 26.9. The number of thiazole rings is 6. The van der Waals surface area contributed by atoms with Gasteiger partial charge >= 0.3 is 0 Å². The summed E-state index contributed by atoms with van der Waals surface area (Å²) < 4.78 is 123. The van der Waals surface area contributed by atoms with E-state index in [0.29, 0.717) is 37.8 Å². The maximum Gasteiger partial charge on any atom is 0.250 e. The fourth-order valence-corrected chi connectivity index (χ4v) is 19.5. The molecule has 0 N–H and O–H groups in total. The Kier molecular flexibility index (Phi) is 33.2. The van der Waals surface area contributed by atoms with Crippen molar-refractivity contribution in [2.45, 2.75) is 178 Å². The Balaban J connectivity index is 0.000000147. The van der Waals surface area contributed by atoms with Crippen molar-refractivity contribution in [2.75, 3.05) is 105 Å². The van der Waals surface area contributed by atoms with E-state index in [1.54, 1.807) is 58.1 Å². The largest absolute Gasteiger partial charge is 0.380 e. The number of morpholine rings is 2. The zero-order valence-corrected chi connectivity index (χ0v) is 69.7. The zero-order valence-electron chi connectivity index (χ0n) is 64.8. The van der Waals surface area contributed by atoms with Crippen LogP contribution in [-0.4, -0.2) is 182 Å². The number of aromatic nitrogens is 6. The molecule has 1 aliphatic carbocycles. The average molecular weight is 1700 g/mol. The highest BCUT2D eigenvalue weighted by Crippen LogP contribution is 2.45. The van der Waals surface area contributed by atoms with E-state index in [1.165, 1.54) is 70.1 Å². The van der Waals surface area contributed by atoms with Gasteiger partial charge in [-0.15, -0.1) is 68.0 Å². The smallest absolute Gasteiger partial charge is 0.250 e. The molecule has 115 heavy (non-hydrogen) atoms. The second kappa shape index (κ2) is 42.6. The molecule has 0 radical (unpaired) electrons. The molecule has 12 heterocycles. The van der Waals surface area contributed by atoms with Crippen LogP contribution in [0.15, 0.2) is 78.3 Å². The number of piperidine rings is 3. The molecule has 8 unspecified atom stereocenters. The van der Waals surface area contributed by atoms with Crippen molar-refractivity contribution in [2.24, 2.45) is 0 Å². The van der Waals surface area contributed by atoms with Gasteiger partial charge in [0.25, 0.3) is 17.8 Å². The topological polar surface area (TPSA) is 267 Å². The second-order valence-electron chi connectivity index (χ2n) is 28.7. The van der Waals surface area contributed by atoms with Crippen LogP contribution in [0.3, 0.4) is 0 Å². The molecule has 0 bridgehead atoms. The van der Waals surface area contributed by atoms with Crippen LogP contribution in [0.4, 0.5) is 35.1 Å². The van der Waals surface area contributed by atoms with Crippen LogP contribution >= 0.6 is 68.0 Å². The predicted molar refractivity (Wildman–Crippen MR) is 425 cm³/mol. The fourth-order valence-electron chi connectivity index (χ4n) is 13.9. The fraction of sp³-hybridized carbons (Fsp3) is 0.550. The molecule has 7 aliphatic rings.